The molecule has 3 heteroatoms. The summed E-state index contributed by atoms with van der Waals surface area (Å²) in [5.41, 5.74) is 1.07. The lowest BCUT2D eigenvalue weighted by atomic mass is 9.94. The molecule has 1 aliphatic heterocycles. The molecule has 1 atom stereocenters. The van der Waals surface area contributed by atoms with Gasteiger partial charge in [0, 0.05) is 12.3 Å². The number of ketones is 1. The highest BCUT2D eigenvalue weighted by atomic mass is 16.5. The van der Waals surface area contributed by atoms with Gasteiger partial charge in [0.15, 0.2) is 0 Å². The van der Waals surface area contributed by atoms with Crippen LogP contribution in [0.5, 0.6) is 0 Å². The quantitative estimate of drug-likeness (QED) is 0.691. The Hall–Kier alpha value is -1.09. The van der Waals surface area contributed by atoms with Gasteiger partial charge in [0.25, 0.3) is 0 Å². The zero-order valence-corrected chi connectivity index (χ0v) is 7.36. The predicted octanol–water partition coefficient (Wildman–Crippen LogP) is 1.43. The van der Waals surface area contributed by atoms with Gasteiger partial charge in [0.05, 0.1) is 25.7 Å². The van der Waals surface area contributed by atoms with Gasteiger partial charge in [-0.15, -0.1) is 0 Å². The molecule has 0 aromatic carbocycles. The summed E-state index contributed by atoms with van der Waals surface area (Å²) < 4.78 is 10.2. The number of furan rings is 1. The molecule has 0 aliphatic carbocycles. The maximum absolute atomic E-state index is 11.4. The number of rotatable bonds is 2. The predicted molar refractivity (Wildman–Crippen MR) is 46.3 cm³/mol. The van der Waals surface area contributed by atoms with Crippen LogP contribution in [0.25, 0.3) is 0 Å². The second kappa shape index (κ2) is 3.75. The molecule has 70 valence electrons. The summed E-state index contributed by atoms with van der Waals surface area (Å²) >= 11 is 0. The molecule has 1 aromatic heterocycles. The topological polar surface area (TPSA) is 39.4 Å². The monoisotopic (exact) mass is 180 g/mol. The first-order valence-corrected chi connectivity index (χ1v) is 4.48. The van der Waals surface area contributed by atoms with E-state index >= 15 is 0 Å². The molecule has 2 heterocycles. The Morgan fingerprint density at radius 3 is 3.15 bits per heavy atom. The van der Waals surface area contributed by atoms with Crippen LogP contribution in [-0.4, -0.2) is 19.0 Å². The molecule has 0 saturated carbocycles. The maximum Gasteiger partial charge on any atom is 0.140 e. The molecule has 1 aliphatic rings. The number of hydrogen-bond donors (Lipinski definition) is 0. The zero-order chi connectivity index (χ0) is 9.10. The Morgan fingerprint density at radius 2 is 2.46 bits per heavy atom. The number of ether oxygens (including phenoxy) is 1. The molecule has 1 saturated heterocycles. The van der Waals surface area contributed by atoms with Crippen LogP contribution in [0.4, 0.5) is 0 Å². The number of carbonyl (C=O) groups is 1. The normalized spacial score (nSPS) is 23.4. The highest BCUT2D eigenvalue weighted by Crippen LogP contribution is 2.15. The Labute approximate surface area is 76.7 Å². The van der Waals surface area contributed by atoms with Crippen molar-refractivity contribution in [2.75, 3.05) is 13.2 Å². The summed E-state index contributed by atoms with van der Waals surface area (Å²) in [4.78, 5) is 11.4. The van der Waals surface area contributed by atoms with Gasteiger partial charge < -0.3 is 9.15 Å². The van der Waals surface area contributed by atoms with Gasteiger partial charge in [-0.25, -0.2) is 0 Å². The molecule has 1 aromatic rings. The van der Waals surface area contributed by atoms with Gasteiger partial charge in [-0.3, -0.25) is 4.79 Å². The highest BCUT2D eigenvalue weighted by Gasteiger charge is 2.23. The fourth-order valence-electron chi connectivity index (χ4n) is 1.56. The van der Waals surface area contributed by atoms with Crippen LogP contribution in [0.3, 0.4) is 0 Å². The Balaban J connectivity index is 1.97. The minimum atomic E-state index is 0.0337. The van der Waals surface area contributed by atoms with Crippen molar-refractivity contribution in [2.45, 2.75) is 12.8 Å². The molecule has 0 radical (unpaired) electrons. The van der Waals surface area contributed by atoms with E-state index in [0.717, 1.165) is 12.0 Å². The molecular weight excluding hydrogens is 168 g/mol. The van der Waals surface area contributed by atoms with Crippen LogP contribution < -0.4 is 0 Å². The lowest BCUT2D eigenvalue weighted by molar-refractivity contribution is -0.130. The number of hydrogen-bond acceptors (Lipinski definition) is 3. The summed E-state index contributed by atoms with van der Waals surface area (Å²) in [5, 5.41) is 0. The van der Waals surface area contributed by atoms with E-state index in [1.807, 2.05) is 6.07 Å². The van der Waals surface area contributed by atoms with Gasteiger partial charge in [0.1, 0.15) is 5.78 Å². The molecule has 13 heavy (non-hydrogen) atoms. The van der Waals surface area contributed by atoms with Crippen LogP contribution >= 0.6 is 0 Å². The van der Waals surface area contributed by atoms with Crippen molar-refractivity contribution in [1.82, 2.24) is 0 Å². The van der Waals surface area contributed by atoms with Crippen molar-refractivity contribution in [3.8, 4) is 0 Å². The Morgan fingerprint density at radius 1 is 1.54 bits per heavy atom. The van der Waals surface area contributed by atoms with E-state index < -0.39 is 0 Å². The van der Waals surface area contributed by atoms with E-state index in [9.17, 15) is 4.79 Å². The largest absolute Gasteiger partial charge is 0.472 e. The van der Waals surface area contributed by atoms with Crippen LogP contribution in [-0.2, 0) is 16.0 Å². The molecule has 3 nitrogen and oxygen atoms in total. The van der Waals surface area contributed by atoms with Crippen molar-refractivity contribution in [3.63, 3.8) is 0 Å². The summed E-state index contributed by atoms with van der Waals surface area (Å²) in [6, 6.07) is 1.89. The SMILES string of the molecule is O=C1CCOCC1Cc1ccoc1. The van der Waals surface area contributed by atoms with Gasteiger partial charge >= 0.3 is 0 Å². The minimum Gasteiger partial charge on any atom is -0.472 e. The molecule has 0 N–H and O–H groups in total. The lowest BCUT2D eigenvalue weighted by Crippen LogP contribution is -2.28. The molecule has 0 spiro atoms. The molecular formula is C10H12O3. The third-order valence-corrected chi connectivity index (χ3v) is 2.33. The molecule has 0 amide bonds. The summed E-state index contributed by atoms with van der Waals surface area (Å²) in [5.74, 6) is 0.346. The van der Waals surface area contributed by atoms with E-state index in [0.29, 0.717) is 25.4 Å². The maximum atomic E-state index is 11.4. The van der Waals surface area contributed by atoms with Crippen molar-refractivity contribution in [2.24, 2.45) is 5.92 Å². The van der Waals surface area contributed by atoms with Gasteiger partial charge in [0.2, 0.25) is 0 Å². The second-order valence-electron chi connectivity index (χ2n) is 3.32. The first-order valence-electron chi connectivity index (χ1n) is 4.48. The van der Waals surface area contributed by atoms with E-state index in [4.69, 9.17) is 9.15 Å². The average molecular weight is 180 g/mol. The first kappa shape index (κ1) is 8.51. The standard InChI is InChI=1S/C10H12O3/c11-10-2-4-13-7-9(10)5-8-1-3-12-6-8/h1,3,6,9H,2,4-5,7H2. The highest BCUT2D eigenvalue weighted by molar-refractivity contribution is 5.82. The average Bonchev–Trinajstić information content (AvgIpc) is 2.61. The van der Waals surface area contributed by atoms with Crippen LogP contribution in [0.2, 0.25) is 0 Å². The molecule has 1 fully saturated rings. The zero-order valence-electron chi connectivity index (χ0n) is 7.36. The van der Waals surface area contributed by atoms with Crippen molar-refractivity contribution in [1.29, 1.82) is 0 Å². The van der Waals surface area contributed by atoms with E-state index in [1.165, 1.54) is 0 Å². The van der Waals surface area contributed by atoms with Gasteiger partial charge in [-0.2, -0.15) is 0 Å². The summed E-state index contributed by atoms with van der Waals surface area (Å²) in [6.45, 7) is 1.14. The summed E-state index contributed by atoms with van der Waals surface area (Å²) in [7, 11) is 0. The third-order valence-electron chi connectivity index (χ3n) is 2.33. The van der Waals surface area contributed by atoms with Crippen molar-refractivity contribution >= 4 is 5.78 Å². The molecule has 0 bridgehead atoms. The fraction of sp³-hybridized carbons (Fsp3) is 0.500. The third kappa shape index (κ3) is 1.98. The van der Waals surface area contributed by atoms with E-state index in [2.05, 4.69) is 0 Å². The summed E-state index contributed by atoms with van der Waals surface area (Å²) in [6.07, 6.45) is 4.61. The van der Waals surface area contributed by atoms with Crippen LogP contribution in [0, 0.1) is 5.92 Å². The smallest absolute Gasteiger partial charge is 0.140 e. The van der Waals surface area contributed by atoms with Gasteiger partial charge in [-0.05, 0) is 18.1 Å². The van der Waals surface area contributed by atoms with Crippen LogP contribution in [0.15, 0.2) is 23.0 Å². The van der Waals surface area contributed by atoms with E-state index in [1.54, 1.807) is 12.5 Å². The van der Waals surface area contributed by atoms with Crippen LogP contribution in [0.1, 0.15) is 12.0 Å². The second-order valence-corrected chi connectivity index (χ2v) is 3.32. The van der Waals surface area contributed by atoms with Gasteiger partial charge in [-0.1, -0.05) is 0 Å². The fourth-order valence-corrected chi connectivity index (χ4v) is 1.56. The molecule has 1 unspecified atom stereocenters. The van der Waals surface area contributed by atoms with E-state index in [-0.39, 0.29) is 5.92 Å². The number of carbonyl (C=O) groups excluding carboxylic acids is 1. The first-order chi connectivity index (χ1) is 6.36. The lowest BCUT2D eigenvalue weighted by Gasteiger charge is -2.19. The van der Waals surface area contributed by atoms with Crippen molar-refractivity contribution < 1.29 is 13.9 Å². The number of Topliss-reactive ketones (excluding diaryl/α,β-unsaturated/α-hetero) is 1. The molecule has 2 rings (SSSR count). The Kier molecular flexibility index (Phi) is 2.45. The van der Waals surface area contributed by atoms with Crippen molar-refractivity contribution in [3.05, 3.63) is 24.2 Å². The minimum absolute atomic E-state index is 0.0337. The Bertz CT molecular complexity index is 276.